The smallest absolute Gasteiger partial charge is 0.124 e. The largest absolute Gasteiger partial charge is 0.491 e. The molecule has 2 atom stereocenters. The van der Waals surface area contributed by atoms with E-state index in [0.29, 0.717) is 19.6 Å². The highest BCUT2D eigenvalue weighted by atomic mass is 35.5. The zero-order valence-electron chi connectivity index (χ0n) is 10.7. The molecule has 1 aliphatic heterocycles. The van der Waals surface area contributed by atoms with Gasteiger partial charge in [-0.25, -0.2) is 0 Å². The van der Waals surface area contributed by atoms with E-state index in [1.807, 2.05) is 29.9 Å². The van der Waals surface area contributed by atoms with E-state index in [9.17, 15) is 5.11 Å². The molecule has 5 nitrogen and oxygen atoms in total. The van der Waals surface area contributed by atoms with E-state index in [0.717, 1.165) is 22.2 Å². The molecular formula is C13H18ClN3O2. The summed E-state index contributed by atoms with van der Waals surface area (Å²) in [4.78, 5) is 0. The number of aliphatic hydroxyl groups excluding tert-OH is 1. The Morgan fingerprint density at radius 2 is 2.37 bits per heavy atom. The normalized spacial score (nSPS) is 19.4. The molecule has 1 aromatic carbocycles. The summed E-state index contributed by atoms with van der Waals surface area (Å²) in [6.07, 6.45) is 2.00. The van der Waals surface area contributed by atoms with Crippen molar-refractivity contribution in [3.8, 4) is 5.75 Å². The Labute approximate surface area is 117 Å². The van der Waals surface area contributed by atoms with Crippen molar-refractivity contribution in [3.63, 3.8) is 0 Å². The molecule has 0 amide bonds. The SMILES string of the molecule is C[C@@H](N)Cn1ncc2ccc3c(c21)CC(O)CO3.Cl. The molecule has 1 aliphatic rings. The molecule has 0 fully saturated rings. The molecule has 104 valence electrons. The summed E-state index contributed by atoms with van der Waals surface area (Å²) in [6.45, 7) is 2.98. The lowest BCUT2D eigenvalue weighted by Crippen LogP contribution is -2.27. The fraction of sp³-hybridized carbons (Fsp3) is 0.462. The molecule has 2 aromatic rings. The molecule has 0 saturated carbocycles. The van der Waals surface area contributed by atoms with Gasteiger partial charge in [0.15, 0.2) is 0 Å². The lowest BCUT2D eigenvalue weighted by Gasteiger charge is -2.23. The first kappa shape index (κ1) is 14.1. The van der Waals surface area contributed by atoms with Crippen LogP contribution in [0.5, 0.6) is 5.75 Å². The average Bonchev–Trinajstić information content (AvgIpc) is 2.72. The van der Waals surface area contributed by atoms with Crippen molar-refractivity contribution in [2.45, 2.75) is 32.0 Å². The topological polar surface area (TPSA) is 73.3 Å². The number of benzene rings is 1. The third kappa shape index (κ3) is 2.54. The summed E-state index contributed by atoms with van der Waals surface area (Å²) in [5.41, 5.74) is 7.90. The third-order valence-electron chi connectivity index (χ3n) is 3.20. The molecule has 6 heteroatoms. The molecule has 0 aliphatic carbocycles. The monoisotopic (exact) mass is 283 g/mol. The van der Waals surface area contributed by atoms with Gasteiger partial charge in [-0.3, -0.25) is 4.68 Å². The van der Waals surface area contributed by atoms with Gasteiger partial charge >= 0.3 is 0 Å². The number of hydrogen-bond acceptors (Lipinski definition) is 4. The standard InChI is InChI=1S/C13H17N3O2.ClH/c1-8(14)6-16-13-9(5-15-16)2-3-12-11(13)4-10(17)7-18-12;/h2-3,5,8,10,17H,4,6-7,14H2,1H3;1H/t8-,10?;/m1./s1. The predicted octanol–water partition coefficient (Wildman–Crippen LogP) is 1.10. The lowest BCUT2D eigenvalue weighted by molar-refractivity contribution is 0.0926. The number of aromatic nitrogens is 2. The van der Waals surface area contributed by atoms with Crippen molar-refractivity contribution in [2.24, 2.45) is 5.73 Å². The highest BCUT2D eigenvalue weighted by Crippen LogP contribution is 2.32. The molecule has 0 saturated heterocycles. The summed E-state index contributed by atoms with van der Waals surface area (Å²) in [5, 5.41) is 15.2. The number of fused-ring (bicyclic) bond motifs is 3. The number of halogens is 1. The number of hydrogen-bond donors (Lipinski definition) is 2. The van der Waals surface area contributed by atoms with Gasteiger partial charge in [-0.1, -0.05) is 0 Å². The van der Waals surface area contributed by atoms with Crippen LogP contribution in [0.4, 0.5) is 0 Å². The maximum atomic E-state index is 9.75. The van der Waals surface area contributed by atoms with Crippen LogP contribution in [0.25, 0.3) is 10.9 Å². The molecule has 3 rings (SSSR count). The number of rotatable bonds is 2. The van der Waals surface area contributed by atoms with Gasteiger partial charge in [0, 0.05) is 23.4 Å². The Bertz CT molecular complexity index is 583. The van der Waals surface area contributed by atoms with E-state index in [-0.39, 0.29) is 18.4 Å². The number of nitrogens with two attached hydrogens (primary N) is 1. The van der Waals surface area contributed by atoms with Crippen molar-refractivity contribution in [3.05, 3.63) is 23.9 Å². The Hall–Kier alpha value is -1.30. The van der Waals surface area contributed by atoms with Crippen LogP contribution in [0.2, 0.25) is 0 Å². The summed E-state index contributed by atoms with van der Waals surface area (Å²) in [6, 6.07) is 3.98. The highest BCUT2D eigenvalue weighted by Gasteiger charge is 2.22. The minimum atomic E-state index is -0.443. The molecule has 2 heterocycles. The summed E-state index contributed by atoms with van der Waals surface area (Å²) < 4.78 is 7.45. The fourth-order valence-electron chi connectivity index (χ4n) is 2.46. The van der Waals surface area contributed by atoms with E-state index in [2.05, 4.69) is 5.10 Å². The summed E-state index contributed by atoms with van der Waals surface area (Å²) in [5.74, 6) is 0.847. The molecule has 0 bridgehead atoms. The van der Waals surface area contributed by atoms with Crippen LogP contribution in [0.3, 0.4) is 0 Å². The predicted molar refractivity (Wildman–Crippen MR) is 75.8 cm³/mol. The van der Waals surface area contributed by atoms with E-state index in [1.54, 1.807) is 0 Å². The molecule has 19 heavy (non-hydrogen) atoms. The fourth-order valence-corrected chi connectivity index (χ4v) is 2.46. The van der Waals surface area contributed by atoms with Gasteiger partial charge in [0.05, 0.1) is 24.4 Å². The molecule has 1 aromatic heterocycles. The van der Waals surface area contributed by atoms with Gasteiger partial charge in [-0.2, -0.15) is 5.10 Å². The second-order valence-electron chi connectivity index (χ2n) is 4.95. The quantitative estimate of drug-likeness (QED) is 0.866. The second kappa shape index (κ2) is 5.36. The van der Waals surface area contributed by atoms with Crippen LogP contribution < -0.4 is 10.5 Å². The van der Waals surface area contributed by atoms with Gasteiger partial charge in [0.1, 0.15) is 12.4 Å². The van der Waals surface area contributed by atoms with Gasteiger partial charge in [-0.05, 0) is 19.1 Å². The van der Waals surface area contributed by atoms with Crippen LogP contribution in [-0.4, -0.2) is 33.6 Å². The van der Waals surface area contributed by atoms with Gasteiger partial charge < -0.3 is 15.6 Å². The zero-order valence-corrected chi connectivity index (χ0v) is 11.6. The lowest BCUT2D eigenvalue weighted by atomic mass is 10.0. The van der Waals surface area contributed by atoms with Crippen LogP contribution >= 0.6 is 12.4 Å². The van der Waals surface area contributed by atoms with Crippen molar-refractivity contribution >= 4 is 23.3 Å². The third-order valence-corrected chi connectivity index (χ3v) is 3.20. The van der Waals surface area contributed by atoms with Crippen molar-refractivity contribution in [2.75, 3.05) is 6.61 Å². The van der Waals surface area contributed by atoms with Gasteiger partial charge in [-0.15, -0.1) is 12.4 Å². The van der Waals surface area contributed by atoms with Crippen LogP contribution in [-0.2, 0) is 13.0 Å². The van der Waals surface area contributed by atoms with Crippen molar-refractivity contribution in [1.29, 1.82) is 0 Å². The molecule has 3 N–H and O–H groups in total. The van der Waals surface area contributed by atoms with E-state index < -0.39 is 6.10 Å². The molecule has 0 spiro atoms. The van der Waals surface area contributed by atoms with Crippen molar-refractivity contribution in [1.82, 2.24) is 9.78 Å². The Kier molecular flexibility index (Phi) is 3.99. The van der Waals surface area contributed by atoms with E-state index >= 15 is 0 Å². The van der Waals surface area contributed by atoms with Crippen LogP contribution in [0.15, 0.2) is 18.3 Å². The first-order chi connectivity index (χ1) is 8.65. The van der Waals surface area contributed by atoms with Gasteiger partial charge in [0.25, 0.3) is 0 Å². The molecule has 0 radical (unpaired) electrons. The maximum absolute atomic E-state index is 9.75. The molecule has 1 unspecified atom stereocenters. The van der Waals surface area contributed by atoms with Crippen molar-refractivity contribution < 1.29 is 9.84 Å². The first-order valence-electron chi connectivity index (χ1n) is 6.19. The Morgan fingerprint density at radius 1 is 1.58 bits per heavy atom. The first-order valence-corrected chi connectivity index (χ1v) is 6.19. The summed E-state index contributed by atoms with van der Waals surface area (Å²) in [7, 11) is 0. The number of ether oxygens (including phenoxy) is 1. The Balaban J connectivity index is 0.00000133. The zero-order chi connectivity index (χ0) is 12.7. The maximum Gasteiger partial charge on any atom is 0.124 e. The highest BCUT2D eigenvalue weighted by molar-refractivity contribution is 5.85. The minimum absolute atomic E-state index is 0. The number of aliphatic hydroxyl groups is 1. The van der Waals surface area contributed by atoms with E-state index in [1.165, 1.54) is 0 Å². The Morgan fingerprint density at radius 3 is 3.11 bits per heavy atom. The summed E-state index contributed by atoms with van der Waals surface area (Å²) >= 11 is 0. The molecular weight excluding hydrogens is 266 g/mol. The van der Waals surface area contributed by atoms with Gasteiger partial charge in [0.2, 0.25) is 0 Å². The van der Waals surface area contributed by atoms with Crippen LogP contribution in [0, 0.1) is 0 Å². The minimum Gasteiger partial charge on any atom is -0.491 e. The second-order valence-corrected chi connectivity index (χ2v) is 4.95. The average molecular weight is 284 g/mol. The van der Waals surface area contributed by atoms with E-state index in [4.69, 9.17) is 10.5 Å². The van der Waals surface area contributed by atoms with Crippen LogP contribution in [0.1, 0.15) is 12.5 Å². The number of nitrogens with zero attached hydrogens (tertiary/aromatic N) is 2.